The van der Waals surface area contributed by atoms with Crippen molar-refractivity contribution in [2.75, 3.05) is 6.54 Å². The van der Waals surface area contributed by atoms with Crippen LogP contribution in [0.1, 0.15) is 24.8 Å². The molecule has 0 amide bonds. The quantitative estimate of drug-likeness (QED) is 0.717. The van der Waals surface area contributed by atoms with E-state index in [2.05, 4.69) is 16.8 Å². The molecule has 11 heavy (non-hydrogen) atoms. The van der Waals surface area contributed by atoms with Gasteiger partial charge in [0, 0.05) is 12.0 Å². The summed E-state index contributed by atoms with van der Waals surface area (Å²) in [6.07, 6.45) is 3.94. The van der Waals surface area contributed by atoms with Gasteiger partial charge in [0.05, 0.1) is 0 Å². The van der Waals surface area contributed by atoms with Crippen LogP contribution in [0.4, 0.5) is 0 Å². The number of thiophene rings is 1. The van der Waals surface area contributed by atoms with Crippen LogP contribution in [0.3, 0.4) is 0 Å². The van der Waals surface area contributed by atoms with Crippen molar-refractivity contribution in [3.63, 3.8) is 0 Å². The Bertz CT molecular complexity index is 218. The molecule has 0 saturated heterocycles. The summed E-state index contributed by atoms with van der Waals surface area (Å²) in [4.78, 5) is 0. The van der Waals surface area contributed by atoms with Gasteiger partial charge in [-0.05, 0) is 35.2 Å². The average molecular weight is 167 g/mol. The number of rotatable bonds is 2. The van der Waals surface area contributed by atoms with Gasteiger partial charge in [-0.1, -0.05) is 6.42 Å². The summed E-state index contributed by atoms with van der Waals surface area (Å²) in [6.45, 7) is 0.823. The van der Waals surface area contributed by atoms with E-state index >= 15 is 0 Å². The van der Waals surface area contributed by atoms with Gasteiger partial charge in [-0.25, -0.2) is 0 Å². The predicted octanol–water partition coefficient (Wildman–Crippen LogP) is 2.13. The largest absolute Gasteiger partial charge is 0.330 e. The van der Waals surface area contributed by atoms with Crippen LogP contribution in [0.15, 0.2) is 16.8 Å². The number of hydrogen-bond donors (Lipinski definition) is 1. The molecular weight excluding hydrogens is 154 g/mol. The Labute approximate surface area is 71.2 Å². The third kappa shape index (κ3) is 1.01. The van der Waals surface area contributed by atoms with E-state index in [0.29, 0.717) is 5.41 Å². The van der Waals surface area contributed by atoms with Crippen LogP contribution < -0.4 is 5.73 Å². The Kier molecular flexibility index (Phi) is 1.74. The van der Waals surface area contributed by atoms with Crippen molar-refractivity contribution in [2.45, 2.75) is 24.7 Å². The zero-order chi connectivity index (χ0) is 7.73. The molecule has 0 atom stereocenters. The molecule has 1 saturated carbocycles. The molecule has 2 rings (SSSR count). The Balaban J connectivity index is 2.25. The number of nitrogens with two attached hydrogens (primary N) is 1. The first-order valence-corrected chi connectivity index (χ1v) is 5.04. The lowest BCUT2D eigenvalue weighted by Crippen LogP contribution is -2.41. The van der Waals surface area contributed by atoms with Crippen LogP contribution in [0.2, 0.25) is 0 Å². The van der Waals surface area contributed by atoms with Gasteiger partial charge in [-0.3, -0.25) is 0 Å². The first-order valence-electron chi connectivity index (χ1n) is 4.10. The standard InChI is InChI=1S/C9H13NS/c10-7-9(3-1-4-9)8-2-5-11-6-8/h2,5-6H,1,3-4,7,10H2. The van der Waals surface area contributed by atoms with Gasteiger partial charge in [-0.15, -0.1) is 0 Å². The molecule has 1 fully saturated rings. The molecule has 0 radical (unpaired) electrons. The Hall–Kier alpha value is -0.340. The molecule has 1 aliphatic rings. The van der Waals surface area contributed by atoms with E-state index in [1.54, 1.807) is 11.3 Å². The molecule has 1 aromatic heterocycles. The SMILES string of the molecule is NCC1(c2ccsc2)CCC1. The van der Waals surface area contributed by atoms with E-state index < -0.39 is 0 Å². The molecule has 2 heteroatoms. The van der Waals surface area contributed by atoms with Crippen molar-refractivity contribution >= 4 is 11.3 Å². The fraction of sp³-hybridized carbons (Fsp3) is 0.556. The lowest BCUT2D eigenvalue weighted by molar-refractivity contribution is 0.254. The molecule has 60 valence electrons. The minimum Gasteiger partial charge on any atom is -0.330 e. The normalized spacial score (nSPS) is 21.2. The second-order valence-electron chi connectivity index (χ2n) is 3.35. The van der Waals surface area contributed by atoms with Crippen molar-refractivity contribution in [1.29, 1.82) is 0 Å². The Morgan fingerprint density at radius 3 is 2.73 bits per heavy atom. The maximum atomic E-state index is 5.76. The lowest BCUT2D eigenvalue weighted by atomic mass is 9.65. The molecule has 1 aliphatic carbocycles. The minimum absolute atomic E-state index is 0.375. The summed E-state index contributed by atoms with van der Waals surface area (Å²) in [6, 6.07) is 2.22. The Morgan fingerprint density at radius 2 is 2.36 bits per heavy atom. The van der Waals surface area contributed by atoms with Crippen molar-refractivity contribution in [3.05, 3.63) is 22.4 Å². The zero-order valence-electron chi connectivity index (χ0n) is 6.55. The monoisotopic (exact) mass is 167 g/mol. The first-order chi connectivity index (χ1) is 5.37. The summed E-state index contributed by atoms with van der Waals surface area (Å²) >= 11 is 1.78. The summed E-state index contributed by atoms with van der Waals surface area (Å²) in [5.41, 5.74) is 7.61. The molecule has 1 heterocycles. The van der Waals surface area contributed by atoms with Crippen molar-refractivity contribution in [1.82, 2.24) is 0 Å². The predicted molar refractivity (Wildman–Crippen MR) is 48.9 cm³/mol. The second-order valence-corrected chi connectivity index (χ2v) is 4.13. The second kappa shape index (κ2) is 2.61. The average Bonchev–Trinajstić information content (AvgIpc) is 2.39. The molecule has 0 spiro atoms. The van der Waals surface area contributed by atoms with Crippen molar-refractivity contribution in [3.8, 4) is 0 Å². The molecule has 0 bridgehead atoms. The van der Waals surface area contributed by atoms with E-state index in [1.807, 2.05) is 0 Å². The molecule has 1 nitrogen and oxygen atoms in total. The molecule has 0 aliphatic heterocycles. The Morgan fingerprint density at radius 1 is 1.55 bits per heavy atom. The highest BCUT2D eigenvalue weighted by atomic mass is 32.1. The van der Waals surface area contributed by atoms with Crippen LogP contribution in [0.5, 0.6) is 0 Å². The molecule has 0 unspecified atom stereocenters. The fourth-order valence-corrected chi connectivity index (χ4v) is 2.56. The molecular formula is C9H13NS. The molecule has 1 aromatic rings. The zero-order valence-corrected chi connectivity index (χ0v) is 7.36. The third-order valence-electron chi connectivity index (χ3n) is 2.83. The maximum Gasteiger partial charge on any atom is 0.00838 e. The van der Waals surface area contributed by atoms with Crippen LogP contribution in [0.25, 0.3) is 0 Å². The van der Waals surface area contributed by atoms with Gasteiger partial charge < -0.3 is 5.73 Å². The van der Waals surface area contributed by atoms with Crippen molar-refractivity contribution < 1.29 is 0 Å². The molecule has 2 N–H and O–H groups in total. The smallest absolute Gasteiger partial charge is 0.00838 e. The van der Waals surface area contributed by atoms with E-state index in [0.717, 1.165) is 6.54 Å². The van der Waals surface area contributed by atoms with Crippen LogP contribution in [-0.4, -0.2) is 6.54 Å². The minimum atomic E-state index is 0.375. The van der Waals surface area contributed by atoms with E-state index in [9.17, 15) is 0 Å². The van der Waals surface area contributed by atoms with Crippen LogP contribution in [0, 0.1) is 0 Å². The molecule has 0 aromatic carbocycles. The summed E-state index contributed by atoms with van der Waals surface area (Å²) in [7, 11) is 0. The lowest BCUT2D eigenvalue weighted by Gasteiger charge is -2.40. The van der Waals surface area contributed by atoms with E-state index in [4.69, 9.17) is 5.73 Å². The van der Waals surface area contributed by atoms with Crippen molar-refractivity contribution in [2.24, 2.45) is 5.73 Å². The maximum absolute atomic E-state index is 5.76. The van der Waals surface area contributed by atoms with Gasteiger partial charge in [0.25, 0.3) is 0 Å². The topological polar surface area (TPSA) is 26.0 Å². The summed E-state index contributed by atoms with van der Waals surface area (Å²) in [5.74, 6) is 0. The number of hydrogen-bond acceptors (Lipinski definition) is 2. The van der Waals surface area contributed by atoms with Gasteiger partial charge in [0.15, 0.2) is 0 Å². The first kappa shape index (κ1) is 7.32. The highest BCUT2D eigenvalue weighted by Gasteiger charge is 2.37. The summed E-state index contributed by atoms with van der Waals surface area (Å²) < 4.78 is 0. The summed E-state index contributed by atoms with van der Waals surface area (Å²) in [5, 5.41) is 4.39. The fourth-order valence-electron chi connectivity index (χ4n) is 1.78. The highest BCUT2D eigenvalue weighted by molar-refractivity contribution is 7.08. The van der Waals surface area contributed by atoms with Gasteiger partial charge >= 0.3 is 0 Å². The van der Waals surface area contributed by atoms with Crippen LogP contribution >= 0.6 is 11.3 Å². The van der Waals surface area contributed by atoms with E-state index in [1.165, 1.54) is 24.8 Å². The van der Waals surface area contributed by atoms with E-state index in [-0.39, 0.29) is 0 Å². The third-order valence-corrected chi connectivity index (χ3v) is 3.52. The van der Waals surface area contributed by atoms with Gasteiger partial charge in [0.2, 0.25) is 0 Å². The van der Waals surface area contributed by atoms with Gasteiger partial charge in [0.1, 0.15) is 0 Å². The highest BCUT2D eigenvalue weighted by Crippen LogP contribution is 2.43. The van der Waals surface area contributed by atoms with Gasteiger partial charge in [-0.2, -0.15) is 11.3 Å². The van der Waals surface area contributed by atoms with Crippen LogP contribution in [-0.2, 0) is 5.41 Å².